The van der Waals surface area contributed by atoms with Crippen molar-refractivity contribution >= 4 is 22.8 Å². The molecule has 0 bridgehead atoms. The molecule has 0 atom stereocenters. The molecule has 0 radical (unpaired) electrons. The molecule has 2 aliphatic rings. The summed E-state index contributed by atoms with van der Waals surface area (Å²) in [5.41, 5.74) is 6.08. The lowest BCUT2D eigenvalue weighted by atomic mass is 10.00. The minimum Gasteiger partial charge on any atom is -0.381 e. The van der Waals surface area contributed by atoms with Crippen LogP contribution in [-0.2, 0) is 9.47 Å². The molecular formula is C24H27N3O2. The van der Waals surface area contributed by atoms with Crippen molar-refractivity contribution in [3.8, 4) is 11.1 Å². The fourth-order valence-electron chi connectivity index (χ4n) is 4.24. The molecule has 1 aromatic carbocycles. The number of aromatic amines is 1. The van der Waals surface area contributed by atoms with Crippen LogP contribution in [0.15, 0.2) is 48.2 Å². The number of fused-ring (bicyclic) bond motifs is 1. The largest absolute Gasteiger partial charge is 0.381 e. The van der Waals surface area contributed by atoms with Gasteiger partial charge in [-0.2, -0.15) is 0 Å². The maximum absolute atomic E-state index is 5.63. The number of nitrogens with one attached hydrogen (secondary N) is 1. The van der Waals surface area contributed by atoms with E-state index in [1.165, 1.54) is 22.1 Å². The minimum absolute atomic E-state index is 0.757. The van der Waals surface area contributed by atoms with Crippen LogP contribution in [0, 0.1) is 0 Å². The fraction of sp³-hybridized carbons (Fsp3) is 0.375. The van der Waals surface area contributed by atoms with Crippen LogP contribution in [0.25, 0.3) is 28.1 Å². The van der Waals surface area contributed by atoms with Gasteiger partial charge in [0.05, 0.1) is 25.5 Å². The number of ether oxygens (including phenoxy) is 2. The van der Waals surface area contributed by atoms with E-state index >= 15 is 0 Å². The number of rotatable bonds is 3. The zero-order chi connectivity index (χ0) is 19.5. The molecule has 1 N–H and O–H groups in total. The second kappa shape index (κ2) is 8.39. The Balaban J connectivity index is 1.59. The van der Waals surface area contributed by atoms with Gasteiger partial charge in [-0.3, -0.25) is 0 Å². The quantitative estimate of drug-likeness (QED) is 0.708. The Hall–Kier alpha value is -2.63. The zero-order valence-corrected chi connectivity index (χ0v) is 16.7. The summed E-state index contributed by atoms with van der Waals surface area (Å²) in [6, 6.07) is 13.0. The first-order valence-corrected chi connectivity index (χ1v) is 10.6. The van der Waals surface area contributed by atoms with Crippen LogP contribution >= 0.6 is 0 Å². The standard InChI is InChI=1S/C24H27N3O2/c1-4-21(22-6-8-25-23(22)5-1)19-16-20(15-18-3-2-11-28-12-7-18)26-24(17-19)27-9-13-29-14-10-27/h1,4-6,8,15-17,25H,2-3,7,9-14H2/b18-15-. The molecule has 4 heterocycles. The van der Waals surface area contributed by atoms with Gasteiger partial charge in [-0.05, 0) is 60.7 Å². The molecule has 2 fully saturated rings. The van der Waals surface area contributed by atoms with Crippen molar-refractivity contribution in [2.45, 2.75) is 19.3 Å². The predicted octanol–water partition coefficient (Wildman–Crippen LogP) is 4.65. The predicted molar refractivity (Wildman–Crippen MR) is 117 cm³/mol. The van der Waals surface area contributed by atoms with Crippen LogP contribution in [0.5, 0.6) is 0 Å². The second-order valence-electron chi connectivity index (χ2n) is 7.75. The Labute approximate surface area is 171 Å². The van der Waals surface area contributed by atoms with Crippen molar-refractivity contribution in [1.29, 1.82) is 0 Å². The third-order valence-electron chi connectivity index (χ3n) is 5.78. The Kier molecular flexibility index (Phi) is 5.33. The van der Waals surface area contributed by atoms with E-state index in [9.17, 15) is 0 Å². The van der Waals surface area contributed by atoms with Crippen LogP contribution in [0.2, 0.25) is 0 Å². The Morgan fingerprint density at radius 3 is 2.79 bits per heavy atom. The van der Waals surface area contributed by atoms with Gasteiger partial charge in [0.2, 0.25) is 0 Å². The Morgan fingerprint density at radius 1 is 0.966 bits per heavy atom. The van der Waals surface area contributed by atoms with Gasteiger partial charge in [0.15, 0.2) is 0 Å². The SMILES string of the molecule is C(=C1\CCCOCC1)/c1cc(-c2cccc3[nH]ccc23)cc(N2CCOCC2)n1. The first-order valence-electron chi connectivity index (χ1n) is 10.6. The number of H-pyrrole nitrogens is 1. The van der Waals surface area contributed by atoms with E-state index in [0.29, 0.717) is 0 Å². The van der Waals surface area contributed by atoms with Gasteiger partial charge < -0.3 is 19.4 Å². The van der Waals surface area contributed by atoms with Crippen molar-refractivity contribution in [2.75, 3.05) is 44.4 Å². The number of anilines is 1. The molecule has 2 aliphatic heterocycles. The summed E-state index contributed by atoms with van der Waals surface area (Å²) in [5.74, 6) is 1.04. The van der Waals surface area contributed by atoms with E-state index in [0.717, 1.165) is 75.8 Å². The molecular weight excluding hydrogens is 362 g/mol. The lowest BCUT2D eigenvalue weighted by Gasteiger charge is -2.28. The van der Waals surface area contributed by atoms with E-state index in [4.69, 9.17) is 14.5 Å². The first kappa shape index (κ1) is 18.4. The summed E-state index contributed by atoms with van der Waals surface area (Å²) in [4.78, 5) is 10.7. The highest BCUT2D eigenvalue weighted by atomic mass is 16.5. The highest BCUT2D eigenvalue weighted by molar-refractivity contribution is 5.95. The number of benzene rings is 1. The summed E-state index contributed by atoms with van der Waals surface area (Å²) in [5, 5.41) is 1.24. The van der Waals surface area contributed by atoms with Gasteiger partial charge in [-0.15, -0.1) is 0 Å². The van der Waals surface area contributed by atoms with E-state index in [2.05, 4.69) is 52.4 Å². The summed E-state index contributed by atoms with van der Waals surface area (Å²) >= 11 is 0. The van der Waals surface area contributed by atoms with E-state index in [1.54, 1.807) is 0 Å². The van der Waals surface area contributed by atoms with Crippen LogP contribution < -0.4 is 4.90 Å². The smallest absolute Gasteiger partial charge is 0.129 e. The first-order chi connectivity index (χ1) is 14.4. The zero-order valence-electron chi connectivity index (χ0n) is 16.7. The molecule has 5 nitrogen and oxygen atoms in total. The van der Waals surface area contributed by atoms with Gasteiger partial charge in [-0.25, -0.2) is 4.98 Å². The molecule has 150 valence electrons. The Bertz CT molecular complexity index is 1010. The van der Waals surface area contributed by atoms with Crippen LogP contribution in [0.1, 0.15) is 25.0 Å². The van der Waals surface area contributed by atoms with E-state index < -0.39 is 0 Å². The molecule has 0 spiro atoms. The fourth-order valence-corrected chi connectivity index (χ4v) is 4.24. The number of nitrogens with zero attached hydrogens (tertiary/aromatic N) is 2. The average Bonchev–Trinajstić information content (AvgIpc) is 3.11. The lowest BCUT2D eigenvalue weighted by molar-refractivity contribution is 0.122. The van der Waals surface area contributed by atoms with Crippen molar-refractivity contribution in [1.82, 2.24) is 9.97 Å². The Morgan fingerprint density at radius 2 is 1.86 bits per heavy atom. The van der Waals surface area contributed by atoms with Gasteiger partial charge in [0.1, 0.15) is 5.82 Å². The van der Waals surface area contributed by atoms with Gasteiger partial charge in [-0.1, -0.05) is 17.7 Å². The second-order valence-corrected chi connectivity index (χ2v) is 7.75. The van der Waals surface area contributed by atoms with Crippen LogP contribution in [0.3, 0.4) is 0 Å². The van der Waals surface area contributed by atoms with Crippen molar-refractivity contribution in [3.63, 3.8) is 0 Å². The molecule has 2 saturated heterocycles. The van der Waals surface area contributed by atoms with Crippen LogP contribution in [-0.4, -0.2) is 49.5 Å². The number of aromatic nitrogens is 2. The molecule has 0 aliphatic carbocycles. The third kappa shape index (κ3) is 4.07. The molecule has 3 aromatic rings. The molecule has 29 heavy (non-hydrogen) atoms. The summed E-state index contributed by atoms with van der Waals surface area (Å²) < 4.78 is 11.2. The minimum atomic E-state index is 0.757. The molecule has 5 rings (SSSR count). The number of morpholine rings is 1. The van der Waals surface area contributed by atoms with Gasteiger partial charge >= 0.3 is 0 Å². The molecule has 0 amide bonds. The lowest BCUT2D eigenvalue weighted by Crippen LogP contribution is -2.36. The maximum atomic E-state index is 5.63. The van der Waals surface area contributed by atoms with Crippen molar-refractivity contribution in [2.24, 2.45) is 0 Å². The highest BCUT2D eigenvalue weighted by Gasteiger charge is 2.16. The molecule has 5 heteroatoms. The third-order valence-corrected chi connectivity index (χ3v) is 5.78. The summed E-state index contributed by atoms with van der Waals surface area (Å²) in [7, 11) is 0. The van der Waals surface area contributed by atoms with Crippen molar-refractivity contribution < 1.29 is 9.47 Å². The maximum Gasteiger partial charge on any atom is 0.129 e. The van der Waals surface area contributed by atoms with Gasteiger partial charge in [0.25, 0.3) is 0 Å². The highest BCUT2D eigenvalue weighted by Crippen LogP contribution is 2.32. The van der Waals surface area contributed by atoms with Crippen LogP contribution in [0.4, 0.5) is 5.82 Å². The van der Waals surface area contributed by atoms with E-state index in [-0.39, 0.29) is 0 Å². The van der Waals surface area contributed by atoms with E-state index in [1.807, 2.05) is 6.20 Å². The summed E-state index contributed by atoms with van der Waals surface area (Å²) in [6.07, 6.45) is 7.45. The molecule has 2 aromatic heterocycles. The summed E-state index contributed by atoms with van der Waals surface area (Å²) in [6.45, 7) is 4.95. The average molecular weight is 389 g/mol. The normalized spacial score (nSPS) is 19.6. The number of hydrogen-bond acceptors (Lipinski definition) is 4. The number of pyridine rings is 1. The molecule has 0 saturated carbocycles. The topological polar surface area (TPSA) is 50.4 Å². The van der Waals surface area contributed by atoms with Gasteiger partial charge in [0, 0.05) is 36.8 Å². The monoisotopic (exact) mass is 389 g/mol. The number of hydrogen-bond donors (Lipinski definition) is 1. The van der Waals surface area contributed by atoms with Crippen molar-refractivity contribution in [3.05, 3.63) is 53.9 Å². The molecule has 0 unspecified atom stereocenters.